The summed E-state index contributed by atoms with van der Waals surface area (Å²) in [6.07, 6.45) is 1.41. The van der Waals surface area contributed by atoms with Crippen LogP contribution in [0.2, 0.25) is 0 Å². The maximum Gasteiger partial charge on any atom is 0.328 e. The summed E-state index contributed by atoms with van der Waals surface area (Å²) >= 11 is 20.1. The second kappa shape index (κ2) is 6.64. The van der Waals surface area contributed by atoms with Crippen molar-refractivity contribution in [3.8, 4) is 0 Å². The maximum absolute atomic E-state index is 12.1. The number of amides is 1. The largest absolute Gasteiger partial charge is 0.467 e. The Morgan fingerprint density at radius 2 is 2.11 bits per heavy atom. The van der Waals surface area contributed by atoms with E-state index in [1.54, 1.807) is 0 Å². The Labute approximate surface area is 129 Å². The Kier molecular flexibility index (Phi) is 6.03. The van der Waals surface area contributed by atoms with Crippen molar-refractivity contribution in [2.75, 3.05) is 13.7 Å². The Balaban J connectivity index is 2.68. The highest BCUT2D eigenvalue weighted by atomic mass is 79.9. The van der Waals surface area contributed by atoms with E-state index in [1.165, 1.54) is 12.0 Å². The molecule has 1 rings (SSSR count). The van der Waals surface area contributed by atoms with Crippen molar-refractivity contribution in [3.05, 3.63) is 0 Å². The van der Waals surface area contributed by atoms with Gasteiger partial charge in [-0.2, -0.15) is 0 Å². The lowest BCUT2D eigenvalue weighted by molar-refractivity contribution is -0.150. The van der Waals surface area contributed by atoms with Crippen molar-refractivity contribution < 1.29 is 14.3 Å². The topological polar surface area (TPSA) is 46.6 Å². The van der Waals surface area contributed by atoms with Crippen molar-refractivity contribution in [1.82, 2.24) is 4.90 Å². The van der Waals surface area contributed by atoms with E-state index in [4.69, 9.17) is 34.8 Å². The summed E-state index contributed by atoms with van der Waals surface area (Å²) in [4.78, 5) is 24.5. The van der Waals surface area contributed by atoms with Gasteiger partial charge in [0, 0.05) is 13.0 Å². The van der Waals surface area contributed by atoms with Gasteiger partial charge < -0.3 is 9.64 Å². The number of ether oxygens (including phenoxy) is 1. The third-order valence-electron chi connectivity index (χ3n) is 2.69. The lowest BCUT2D eigenvalue weighted by Crippen LogP contribution is -2.45. The van der Waals surface area contributed by atoms with Gasteiger partial charge in [-0.1, -0.05) is 50.7 Å². The van der Waals surface area contributed by atoms with E-state index in [9.17, 15) is 9.59 Å². The van der Waals surface area contributed by atoms with Gasteiger partial charge in [-0.15, -0.1) is 0 Å². The minimum atomic E-state index is -1.51. The van der Waals surface area contributed by atoms with Gasteiger partial charge in [0.25, 0.3) is 0 Å². The summed E-state index contributed by atoms with van der Waals surface area (Å²) in [6.45, 7) is 0.514. The van der Waals surface area contributed by atoms with Crippen LogP contribution in [-0.2, 0) is 14.3 Å². The first-order valence-electron chi connectivity index (χ1n) is 5.35. The third-order valence-corrected chi connectivity index (χ3v) is 3.87. The molecule has 1 saturated heterocycles. The van der Waals surface area contributed by atoms with Crippen LogP contribution < -0.4 is 0 Å². The minimum Gasteiger partial charge on any atom is -0.467 e. The molecule has 0 spiro atoms. The molecular weight excluding hydrogens is 368 g/mol. The lowest BCUT2D eigenvalue weighted by atomic mass is 10.2. The molecule has 1 heterocycles. The molecule has 0 aliphatic carbocycles. The molecular formula is C10H13BrCl3NO3. The SMILES string of the molecule is COC(=O)[C@@H]1CCCN1C(=O)[C@@H](Br)CC(Cl)(Cl)Cl. The number of carbonyl (C=O) groups excluding carboxylic acids is 2. The number of halogens is 4. The van der Waals surface area contributed by atoms with Gasteiger partial charge in [-0.3, -0.25) is 4.79 Å². The quantitative estimate of drug-likeness (QED) is 0.558. The van der Waals surface area contributed by atoms with E-state index >= 15 is 0 Å². The van der Waals surface area contributed by atoms with Crippen molar-refractivity contribution >= 4 is 62.6 Å². The Morgan fingerprint density at radius 1 is 1.50 bits per heavy atom. The highest BCUT2D eigenvalue weighted by Gasteiger charge is 2.39. The molecule has 0 unspecified atom stereocenters. The van der Waals surface area contributed by atoms with Crippen LogP contribution in [0.1, 0.15) is 19.3 Å². The minimum absolute atomic E-state index is 0.0426. The van der Waals surface area contributed by atoms with E-state index in [0.29, 0.717) is 13.0 Å². The fourth-order valence-corrected chi connectivity index (χ4v) is 3.65. The number of likely N-dealkylation sites (tertiary alicyclic amines) is 1. The molecule has 1 fully saturated rings. The van der Waals surface area contributed by atoms with Crippen LogP contribution in [0.4, 0.5) is 0 Å². The van der Waals surface area contributed by atoms with Crippen molar-refractivity contribution in [3.63, 3.8) is 0 Å². The summed E-state index contributed by atoms with van der Waals surface area (Å²) in [5.74, 6) is -0.663. The second-order valence-corrected chi connectivity index (χ2v) is 7.62. The fourth-order valence-electron chi connectivity index (χ4n) is 1.88. The second-order valence-electron chi connectivity index (χ2n) is 4.00. The van der Waals surface area contributed by atoms with Crippen LogP contribution in [0.3, 0.4) is 0 Å². The lowest BCUT2D eigenvalue weighted by Gasteiger charge is -2.26. The third kappa shape index (κ3) is 4.44. The molecule has 8 heteroatoms. The number of rotatable bonds is 3. The maximum atomic E-state index is 12.1. The molecule has 0 saturated carbocycles. The summed E-state index contributed by atoms with van der Waals surface area (Å²) in [5, 5.41) is 0. The molecule has 1 amide bonds. The van der Waals surface area contributed by atoms with E-state index < -0.39 is 20.6 Å². The zero-order valence-electron chi connectivity index (χ0n) is 9.67. The van der Waals surface area contributed by atoms with E-state index in [-0.39, 0.29) is 12.3 Å². The van der Waals surface area contributed by atoms with Gasteiger partial charge >= 0.3 is 5.97 Å². The molecule has 0 radical (unpaired) electrons. The summed E-state index contributed by atoms with van der Waals surface area (Å²) in [6, 6.07) is -0.530. The fraction of sp³-hybridized carbons (Fsp3) is 0.800. The molecule has 0 N–H and O–H groups in total. The molecule has 0 aromatic rings. The van der Waals surface area contributed by atoms with Crippen molar-refractivity contribution in [2.45, 2.75) is 33.9 Å². The van der Waals surface area contributed by atoms with Gasteiger partial charge in [-0.05, 0) is 12.8 Å². The number of esters is 1. The smallest absolute Gasteiger partial charge is 0.328 e. The van der Waals surface area contributed by atoms with Crippen LogP contribution in [0.5, 0.6) is 0 Å². The average molecular weight is 381 g/mol. The standard InChI is InChI=1S/C10H13BrCl3NO3/c1-18-9(17)7-3-2-4-15(7)8(16)6(11)5-10(12,13)14/h6-7H,2-5H2,1H3/t6-,7-/m0/s1. The molecule has 104 valence electrons. The zero-order chi connectivity index (χ0) is 13.9. The molecule has 1 aliphatic heterocycles. The number of hydrogen-bond acceptors (Lipinski definition) is 3. The van der Waals surface area contributed by atoms with Crippen molar-refractivity contribution in [2.24, 2.45) is 0 Å². The number of alkyl halides is 4. The van der Waals surface area contributed by atoms with Gasteiger partial charge in [0.05, 0.1) is 11.9 Å². The Bertz CT molecular complexity index is 335. The first kappa shape index (κ1) is 16.3. The normalized spacial score (nSPS) is 21.8. The first-order valence-corrected chi connectivity index (χ1v) is 7.40. The Morgan fingerprint density at radius 3 is 2.61 bits per heavy atom. The van der Waals surface area contributed by atoms with Gasteiger partial charge in [-0.25, -0.2) is 4.79 Å². The molecule has 1 aliphatic rings. The number of hydrogen-bond donors (Lipinski definition) is 0. The molecule has 0 aromatic heterocycles. The summed E-state index contributed by atoms with van der Waals surface area (Å²) in [7, 11) is 1.30. The van der Waals surface area contributed by atoms with Crippen molar-refractivity contribution in [1.29, 1.82) is 0 Å². The van der Waals surface area contributed by atoms with E-state index in [0.717, 1.165) is 6.42 Å². The average Bonchev–Trinajstić information content (AvgIpc) is 2.73. The molecule has 4 nitrogen and oxygen atoms in total. The Hall–Kier alpha value is 0.290. The molecule has 2 atom stereocenters. The summed E-state index contributed by atoms with van der Waals surface area (Å²) < 4.78 is 3.16. The zero-order valence-corrected chi connectivity index (χ0v) is 13.5. The highest BCUT2D eigenvalue weighted by molar-refractivity contribution is 9.10. The predicted molar refractivity (Wildman–Crippen MR) is 74.4 cm³/mol. The van der Waals surface area contributed by atoms with Crippen LogP contribution >= 0.6 is 50.7 Å². The number of methoxy groups -OCH3 is 1. The van der Waals surface area contributed by atoms with E-state index in [1.807, 2.05) is 0 Å². The first-order chi connectivity index (χ1) is 8.26. The highest BCUT2D eigenvalue weighted by Crippen LogP contribution is 2.34. The van der Waals surface area contributed by atoms with Gasteiger partial charge in [0.1, 0.15) is 6.04 Å². The predicted octanol–water partition coefficient (Wildman–Crippen LogP) is 2.67. The van der Waals surface area contributed by atoms with Gasteiger partial charge in [0.15, 0.2) is 3.79 Å². The molecule has 0 aromatic carbocycles. The molecule has 18 heavy (non-hydrogen) atoms. The van der Waals surface area contributed by atoms with E-state index in [2.05, 4.69) is 20.7 Å². The van der Waals surface area contributed by atoms with Crippen LogP contribution in [0, 0.1) is 0 Å². The monoisotopic (exact) mass is 379 g/mol. The van der Waals surface area contributed by atoms with Gasteiger partial charge in [0.2, 0.25) is 5.91 Å². The summed E-state index contributed by atoms with van der Waals surface area (Å²) in [5.41, 5.74) is 0. The van der Waals surface area contributed by atoms with Crippen LogP contribution in [0.15, 0.2) is 0 Å². The molecule has 0 bridgehead atoms. The number of nitrogens with zero attached hydrogens (tertiary/aromatic N) is 1. The number of carbonyl (C=O) groups is 2. The van der Waals surface area contributed by atoms with Crippen LogP contribution in [-0.4, -0.2) is 45.1 Å². The van der Waals surface area contributed by atoms with Crippen LogP contribution in [0.25, 0.3) is 0 Å².